The van der Waals surface area contributed by atoms with Gasteiger partial charge >= 0.3 is 0 Å². The predicted molar refractivity (Wildman–Crippen MR) is 65.8 cm³/mol. The monoisotopic (exact) mass is 246 g/mol. The number of aliphatic hydroxyl groups is 1. The molecule has 1 saturated heterocycles. The van der Waals surface area contributed by atoms with Crippen LogP contribution < -0.4 is 4.90 Å². The van der Waals surface area contributed by atoms with Gasteiger partial charge in [0.15, 0.2) is 0 Å². The minimum absolute atomic E-state index is 0.0628. The average Bonchev–Trinajstić information content (AvgIpc) is 2.82. The number of carbonyl (C=O) groups is 2. The van der Waals surface area contributed by atoms with Crippen molar-refractivity contribution >= 4 is 17.9 Å². The molecular weight excluding hydrogens is 232 g/mol. The standard InChI is InChI=1S/C12H10N2O2.CH4O/c13-6-9-2-1-3-11(4-9)14-7-10(8-15)5-12(14)16;1-2/h1-4,8,10H,5,7H2;2H,1H3. The zero-order valence-corrected chi connectivity index (χ0v) is 10.0. The molecule has 1 amide bonds. The Hall–Kier alpha value is -2.19. The van der Waals surface area contributed by atoms with E-state index in [1.165, 1.54) is 0 Å². The lowest BCUT2D eigenvalue weighted by Gasteiger charge is -2.15. The largest absolute Gasteiger partial charge is 0.400 e. The summed E-state index contributed by atoms with van der Waals surface area (Å²) in [6, 6.07) is 8.86. The summed E-state index contributed by atoms with van der Waals surface area (Å²) in [4.78, 5) is 23.8. The Labute approximate surface area is 105 Å². The van der Waals surface area contributed by atoms with Crippen molar-refractivity contribution in [2.24, 2.45) is 5.92 Å². The number of nitriles is 1. The van der Waals surface area contributed by atoms with Gasteiger partial charge in [-0.1, -0.05) is 6.07 Å². The van der Waals surface area contributed by atoms with E-state index in [0.29, 0.717) is 17.8 Å². The molecule has 1 N–H and O–H groups in total. The molecule has 5 heteroatoms. The molecule has 2 rings (SSSR count). The van der Waals surface area contributed by atoms with Gasteiger partial charge in [-0.3, -0.25) is 4.79 Å². The van der Waals surface area contributed by atoms with Crippen molar-refractivity contribution in [3.05, 3.63) is 29.8 Å². The molecule has 1 aliphatic heterocycles. The van der Waals surface area contributed by atoms with Crippen molar-refractivity contribution in [2.75, 3.05) is 18.6 Å². The lowest BCUT2D eigenvalue weighted by atomic mass is 10.1. The molecule has 0 saturated carbocycles. The molecule has 18 heavy (non-hydrogen) atoms. The second-order valence-electron chi connectivity index (χ2n) is 3.77. The maximum absolute atomic E-state index is 11.6. The number of nitrogens with zero attached hydrogens (tertiary/aromatic N) is 2. The second-order valence-corrected chi connectivity index (χ2v) is 3.77. The Bertz CT molecular complexity index is 479. The topological polar surface area (TPSA) is 81.4 Å². The Morgan fingerprint density at radius 3 is 2.78 bits per heavy atom. The number of aliphatic hydroxyl groups excluding tert-OH is 1. The van der Waals surface area contributed by atoms with Gasteiger partial charge in [-0.15, -0.1) is 0 Å². The number of aldehydes is 1. The van der Waals surface area contributed by atoms with E-state index < -0.39 is 0 Å². The highest BCUT2D eigenvalue weighted by Gasteiger charge is 2.30. The quantitative estimate of drug-likeness (QED) is 0.779. The van der Waals surface area contributed by atoms with Crippen LogP contribution in [-0.2, 0) is 9.59 Å². The Morgan fingerprint density at radius 1 is 1.50 bits per heavy atom. The molecule has 1 atom stereocenters. The maximum atomic E-state index is 11.6. The minimum Gasteiger partial charge on any atom is -0.400 e. The number of amides is 1. The first-order valence-electron chi connectivity index (χ1n) is 5.45. The average molecular weight is 246 g/mol. The number of hydrogen-bond donors (Lipinski definition) is 1. The van der Waals surface area contributed by atoms with Gasteiger partial charge in [-0.25, -0.2) is 0 Å². The van der Waals surface area contributed by atoms with E-state index in [9.17, 15) is 9.59 Å². The molecule has 94 valence electrons. The summed E-state index contributed by atoms with van der Waals surface area (Å²) in [5.74, 6) is -0.287. The van der Waals surface area contributed by atoms with Crippen LogP contribution >= 0.6 is 0 Å². The summed E-state index contributed by atoms with van der Waals surface area (Å²) in [5, 5.41) is 15.8. The molecule has 0 spiro atoms. The third-order valence-corrected chi connectivity index (χ3v) is 2.63. The lowest BCUT2D eigenvalue weighted by Crippen LogP contribution is -2.24. The van der Waals surface area contributed by atoms with Crippen molar-refractivity contribution in [1.29, 1.82) is 5.26 Å². The van der Waals surface area contributed by atoms with E-state index in [1.54, 1.807) is 29.2 Å². The highest BCUT2D eigenvalue weighted by molar-refractivity contribution is 5.98. The summed E-state index contributed by atoms with van der Waals surface area (Å²) in [7, 11) is 1.00. The number of benzene rings is 1. The van der Waals surface area contributed by atoms with E-state index in [0.717, 1.165) is 13.4 Å². The van der Waals surface area contributed by atoms with E-state index in [4.69, 9.17) is 10.4 Å². The van der Waals surface area contributed by atoms with E-state index in [1.807, 2.05) is 6.07 Å². The van der Waals surface area contributed by atoms with Gasteiger partial charge in [0.25, 0.3) is 0 Å². The van der Waals surface area contributed by atoms with Gasteiger partial charge < -0.3 is 14.8 Å². The first-order chi connectivity index (χ1) is 8.74. The summed E-state index contributed by atoms with van der Waals surface area (Å²) in [5.41, 5.74) is 1.20. The van der Waals surface area contributed by atoms with Crippen LogP contribution in [0.3, 0.4) is 0 Å². The van der Waals surface area contributed by atoms with E-state index in [2.05, 4.69) is 0 Å². The summed E-state index contributed by atoms with van der Waals surface area (Å²) >= 11 is 0. The zero-order valence-electron chi connectivity index (χ0n) is 10.0. The first-order valence-corrected chi connectivity index (χ1v) is 5.45. The van der Waals surface area contributed by atoms with Crippen LogP contribution in [0.5, 0.6) is 0 Å². The third-order valence-electron chi connectivity index (χ3n) is 2.63. The molecule has 1 heterocycles. The third kappa shape index (κ3) is 2.93. The van der Waals surface area contributed by atoms with Crippen LogP contribution in [-0.4, -0.2) is 31.0 Å². The van der Waals surface area contributed by atoms with E-state index in [-0.39, 0.29) is 18.2 Å². The van der Waals surface area contributed by atoms with Crippen molar-refractivity contribution in [3.8, 4) is 6.07 Å². The Balaban J connectivity index is 0.000000771. The normalized spacial score (nSPS) is 17.7. The van der Waals surface area contributed by atoms with Crippen LogP contribution in [0.2, 0.25) is 0 Å². The first kappa shape index (κ1) is 13.9. The molecule has 1 aliphatic rings. The number of anilines is 1. The van der Waals surface area contributed by atoms with Crippen LogP contribution in [0.15, 0.2) is 24.3 Å². The van der Waals surface area contributed by atoms with Gasteiger partial charge in [0.05, 0.1) is 11.6 Å². The van der Waals surface area contributed by atoms with Crippen molar-refractivity contribution in [3.63, 3.8) is 0 Å². The molecule has 0 aliphatic carbocycles. The molecule has 5 nitrogen and oxygen atoms in total. The molecule has 0 aromatic heterocycles. The summed E-state index contributed by atoms with van der Waals surface area (Å²) < 4.78 is 0. The Morgan fingerprint density at radius 2 is 2.22 bits per heavy atom. The molecule has 0 bridgehead atoms. The number of rotatable bonds is 2. The smallest absolute Gasteiger partial charge is 0.227 e. The van der Waals surface area contributed by atoms with Gasteiger partial charge in [0, 0.05) is 31.7 Å². The molecule has 1 fully saturated rings. The van der Waals surface area contributed by atoms with Gasteiger partial charge in [0.1, 0.15) is 6.29 Å². The van der Waals surface area contributed by atoms with Crippen LogP contribution in [0.1, 0.15) is 12.0 Å². The van der Waals surface area contributed by atoms with Gasteiger partial charge in [-0.2, -0.15) is 5.26 Å². The molecule has 0 radical (unpaired) electrons. The van der Waals surface area contributed by atoms with Gasteiger partial charge in [0.2, 0.25) is 5.91 Å². The minimum atomic E-state index is -0.224. The lowest BCUT2D eigenvalue weighted by molar-refractivity contribution is -0.119. The van der Waals surface area contributed by atoms with Crippen molar-refractivity contribution in [2.45, 2.75) is 6.42 Å². The van der Waals surface area contributed by atoms with E-state index >= 15 is 0 Å². The number of carbonyl (C=O) groups excluding carboxylic acids is 2. The van der Waals surface area contributed by atoms with Crippen molar-refractivity contribution in [1.82, 2.24) is 0 Å². The van der Waals surface area contributed by atoms with Crippen LogP contribution in [0.25, 0.3) is 0 Å². The maximum Gasteiger partial charge on any atom is 0.227 e. The Kier molecular flexibility index (Phi) is 5.03. The highest BCUT2D eigenvalue weighted by Crippen LogP contribution is 2.24. The van der Waals surface area contributed by atoms with Crippen LogP contribution in [0, 0.1) is 17.2 Å². The number of hydrogen-bond acceptors (Lipinski definition) is 4. The summed E-state index contributed by atoms with van der Waals surface area (Å²) in [6.07, 6.45) is 1.08. The molecule has 1 unspecified atom stereocenters. The SMILES string of the molecule is CO.N#Cc1cccc(N2CC(C=O)CC2=O)c1. The van der Waals surface area contributed by atoms with Crippen LogP contribution in [0.4, 0.5) is 5.69 Å². The highest BCUT2D eigenvalue weighted by atomic mass is 16.2. The van der Waals surface area contributed by atoms with Gasteiger partial charge in [-0.05, 0) is 18.2 Å². The fourth-order valence-corrected chi connectivity index (χ4v) is 1.82. The fourth-order valence-electron chi connectivity index (χ4n) is 1.82. The second kappa shape index (κ2) is 6.52. The molecular formula is C13H14N2O3. The zero-order chi connectivity index (χ0) is 13.5. The molecule has 1 aromatic carbocycles. The van der Waals surface area contributed by atoms with Crippen molar-refractivity contribution < 1.29 is 14.7 Å². The predicted octanol–water partition coefficient (Wildman–Crippen LogP) is 0.719. The fraction of sp³-hybridized carbons (Fsp3) is 0.308. The molecule has 1 aromatic rings. The summed E-state index contributed by atoms with van der Waals surface area (Å²) in [6.45, 7) is 0.414.